The van der Waals surface area contributed by atoms with Crippen molar-refractivity contribution in [1.82, 2.24) is 20.9 Å². The van der Waals surface area contributed by atoms with Crippen molar-refractivity contribution in [3.05, 3.63) is 77.9 Å². The fourth-order valence-electron chi connectivity index (χ4n) is 5.70. The fourth-order valence-corrected chi connectivity index (χ4v) is 5.70. The van der Waals surface area contributed by atoms with E-state index >= 15 is 0 Å². The largest absolute Gasteiger partial charge is 0.508 e. The van der Waals surface area contributed by atoms with Crippen molar-refractivity contribution < 1.29 is 34.2 Å². The van der Waals surface area contributed by atoms with Gasteiger partial charge in [0.15, 0.2) is 11.9 Å². The van der Waals surface area contributed by atoms with Gasteiger partial charge in [0.05, 0.1) is 6.04 Å². The maximum atomic E-state index is 14.0. The van der Waals surface area contributed by atoms with Crippen molar-refractivity contribution in [2.45, 2.75) is 62.7 Å². The number of aromatic hydroxyl groups is 1. The molecular weight excluding hydrogens is 710 g/mol. The fraction of sp³-hybridized carbons (Fsp3) is 0.378. The zero-order valence-electron chi connectivity index (χ0n) is 30.7. The Balaban J connectivity index is 1.87. The quantitative estimate of drug-likeness (QED) is 0.0346. The Hall–Kier alpha value is -6.43. The highest BCUT2D eigenvalue weighted by Gasteiger charge is 2.32. The van der Waals surface area contributed by atoms with Gasteiger partial charge in [-0.15, -0.1) is 0 Å². The topological polar surface area (TPSA) is 320 Å². The van der Waals surface area contributed by atoms with Crippen LogP contribution in [0.4, 0.5) is 0 Å². The Morgan fingerprint density at radius 2 is 1.20 bits per heavy atom. The molecule has 15 N–H and O–H groups in total. The first-order valence-corrected chi connectivity index (χ1v) is 17.6. The van der Waals surface area contributed by atoms with Crippen LogP contribution >= 0.6 is 0 Å². The number of carboxylic acid groups (broad SMARTS) is 1. The summed E-state index contributed by atoms with van der Waals surface area (Å²) in [6.45, 7) is -0.350. The van der Waals surface area contributed by atoms with Gasteiger partial charge >= 0.3 is 5.97 Å². The van der Waals surface area contributed by atoms with Crippen molar-refractivity contribution in [3.8, 4) is 5.75 Å². The number of hydrogen-bond acceptors (Lipinski definition) is 9. The Kier molecular flexibility index (Phi) is 16.7. The molecule has 0 aliphatic rings. The van der Waals surface area contributed by atoms with Gasteiger partial charge in [-0.2, -0.15) is 0 Å². The highest BCUT2D eigenvalue weighted by atomic mass is 16.4. The van der Waals surface area contributed by atoms with Gasteiger partial charge in [-0.1, -0.05) is 54.6 Å². The molecule has 0 heterocycles. The van der Waals surface area contributed by atoms with E-state index < -0.39 is 60.3 Å². The van der Waals surface area contributed by atoms with Crippen LogP contribution in [-0.4, -0.2) is 107 Å². The predicted molar refractivity (Wildman–Crippen MR) is 208 cm³/mol. The first-order valence-electron chi connectivity index (χ1n) is 17.6. The summed E-state index contributed by atoms with van der Waals surface area (Å²) in [5.41, 5.74) is 29.4. The summed E-state index contributed by atoms with van der Waals surface area (Å²) in [5.74, 6) is -4.29. The van der Waals surface area contributed by atoms with E-state index in [1.54, 1.807) is 12.1 Å². The van der Waals surface area contributed by atoms with E-state index in [1.165, 1.54) is 19.2 Å². The van der Waals surface area contributed by atoms with Gasteiger partial charge < -0.3 is 59.7 Å². The van der Waals surface area contributed by atoms with E-state index in [1.807, 2.05) is 42.5 Å². The number of phenols is 1. The summed E-state index contributed by atoms with van der Waals surface area (Å²) >= 11 is 0. The van der Waals surface area contributed by atoms with Crippen molar-refractivity contribution in [2.75, 3.05) is 26.7 Å². The third-order valence-electron chi connectivity index (χ3n) is 8.50. The second-order valence-electron chi connectivity index (χ2n) is 13.0. The van der Waals surface area contributed by atoms with Gasteiger partial charge in [0, 0.05) is 26.6 Å². The summed E-state index contributed by atoms with van der Waals surface area (Å²) < 4.78 is 0. The van der Waals surface area contributed by atoms with Crippen LogP contribution in [0.5, 0.6) is 5.75 Å². The van der Waals surface area contributed by atoms with Gasteiger partial charge in [-0.05, 0) is 66.1 Å². The summed E-state index contributed by atoms with van der Waals surface area (Å²) in [6, 6.07) is 14.6. The van der Waals surface area contributed by atoms with Crippen molar-refractivity contribution in [2.24, 2.45) is 38.7 Å². The van der Waals surface area contributed by atoms with Crippen LogP contribution in [-0.2, 0) is 36.8 Å². The van der Waals surface area contributed by atoms with Crippen molar-refractivity contribution in [3.63, 3.8) is 0 Å². The molecule has 0 aliphatic carbocycles. The van der Waals surface area contributed by atoms with Crippen LogP contribution < -0.4 is 44.6 Å². The van der Waals surface area contributed by atoms with Crippen LogP contribution in [0.25, 0.3) is 10.8 Å². The zero-order chi connectivity index (χ0) is 40.5. The Labute approximate surface area is 318 Å². The van der Waals surface area contributed by atoms with E-state index in [-0.39, 0.29) is 69.3 Å². The Morgan fingerprint density at radius 1 is 0.691 bits per heavy atom. The SMILES string of the molecule is CN(CC(=O)O)C(=O)[C@H](Cc1ccc2ccccc2c1)NC(=O)[C@H](CCCN=C(N)N)NC(=O)[C@H](CCCN=C(N)N)NC(=O)[C@H](N)Cc1ccc(O)cc1. The highest BCUT2D eigenvalue weighted by molar-refractivity contribution is 5.95. The number of carbonyl (C=O) groups is 5. The number of phenolic OH excluding ortho intramolecular Hbond substituents is 1. The number of rotatable bonds is 21. The second kappa shape index (κ2) is 21.3. The van der Waals surface area contributed by atoms with Gasteiger partial charge in [0.1, 0.15) is 30.4 Å². The van der Waals surface area contributed by atoms with Crippen LogP contribution in [0.2, 0.25) is 0 Å². The van der Waals surface area contributed by atoms with E-state index in [4.69, 9.17) is 28.7 Å². The number of carboxylic acids is 1. The molecule has 0 unspecified atom stereocenters. The smallest absolute Gasteiger partial charge is 0.323 e. The molecule has 296 valence electrons. The molecule has 4 amide bonds. The number of carbonyl (C=O) groups excluding carboxylic acids is 4. The number of benzene rings is 3. The number of nitrogens with two attached hydrogens (primary N) is 5. The number of fused-ring (bicyclic) bond motifs is 1. The zero-order valence-corrected chi connectivity index (χ0v) is 30.7. The van der Waals surface area contributed by atoms with Crippen molar-refractivity contribution in [1.29, 1.82) is 0 Å². The number of hydrogen-bond donors (Lipinski definition) is 10. The molecule has 0 radical (unpaired) electrons. The summed E-state index contributed by atoms with van der Waals surface area (Å²) in [5, 5.41) is 28.9. The number of nitrogens with zero attached hydrogens (tertiary/aromatic N) is 3. The second-order valence-corrected chi connectivity index (χ2v) is 13.0. The van der Waals surface area contributed by atoms with Gasteiger partial charge in [0.2, 0.25) is 23.6 Å². The van der Waals surface area contributed by atoms with Crippen LogP contribution in [0, 0.1) is 0 Å². The monoisotopic (exact) mass is 761 g/mol. The first-order chi connectivity index (χ1) is 26.1. The molecule has 0 fully saturated rings. The van der Waals surface area contributed by atoms with E-state index in [0.717, 1.165) is 15.7 Å². The number of amides is 4. The number of likely N-dealkylation sites (N-methyl/N-ethyl adjacent to an activating group) is 1. The molecule has 18 heteroatoms. The van der Waals surface area contributed by atoms with E-state index in [0.29, 0.717) is 11.1 Å². The average Bonchev–Trinajstić information content (AvgIpc) is 3.13. The average molecular weight is 762 g/mol. The third-order valence-corrected chi connectivity index (χ3v) is 8.50. The molecule has 55 heavy (non-hydrogen) atoms. The van der Waals surface area contributed by atoms with Gasteiger partial charge in [0.25, 0.3) is 0 Å². The maximum absolute atomic E-state index is 14.0. The molecule has 0 saturated heterocycles. The standard InChI is InChI=1S/C37H51N11O7/c1-48(21-31(50)51)35(55)30(20-23-10-13-24-6-2-3-7-25(24)18-23)47-34(54)29(9-5-17-44-37(41)42)46-33(53)28(8-4-16-43-36(39)40)45-32(52)27(38)19-22-11-14-26(49)15-12-22/h2-3,6-7,10-15,18,27-30,49H,4-5,8-9,16-17,19-21,38H2,1H3,(H,45,52)(H,46,53)(H,47,54)(H,50,51)(H4,39,40,43)(H4,41,42,44)/t27-,28+,29+,30+/m1/s1. The lowest BCUT2D eigenvalue weighted by Crippen LogP contribution is -2.58. The Morgan fingerprint density at radius 3 is 1.75 bits per heavy atom. The molecule has 3 aromatic carbocycles. The van der Waals surface area contributed by atoms with E-state index in [9.17, 15) is 34.2 Å². The minimum atomic E-state index is -1.25. The lowest BCUT2D eigenvalue weighted by molar-refractivity contribution is -0.145. The summed E-state index contributed by atoms with van der Waals surface area (Å²) in [4.78, 5) is 75.1. The maximum Gasteiger partial charge on any atom is 0.323 e. The minimum Gasteiger partial charge on any atom is -0.508 e. The number of nitrogens with one attached hydrogen (secondary N) is 3. The molecule has 0 bridgehead atoms. The molecular formula is C37H51N11O7. The summed E-state index contributed by atoms with van der Waals surface area (Å²) in [7, 11) is 1.31. The molecule has 0 aliphatic heterocycles. The third kappa shape index (κ3) is 14.8. The normalized spacial score (nSPS) is 13.0. The molecule has 3 rings (SSSR count). The molecule has 0 spiro atoms. The lowest BCUT2D eigenvalue weighted by atomic mass is 10.00. The van der Waals surface area contributed by atoms with Crippen molar-refractivity contribution >= 4 is 52.3 Å². The highest BCUT2D eigenvalue weighted by Crippen LogP contribution is 2.18. The number of aliphatic imine (C=N–C) groups is 2. The van der Waals surface area contributed by atoms with Crippen LogP contribution in [0.3, 0.4) is 0 Å². The van der Waals surface area contributed by atoms with Crippen LogP contribution in [0.1, 0.15) is 36.8 Å². The van der Waals surface area contributed by atoms with E-state index in [2.05, 4.69) is 25.9 Å². The first kappa shape index (κ1) is 43.0. The molecule has 0 aromatic heterocycles. The summed E-state index contributed by atoms with van der Waals surface area (Å²) in [6.07, 6.45) is 0.696. The Bertz CT molecular complexity index is 1840. The lowest BCUT2D eigenvalue weighted by Gasteiger charge is -2.27. The number of aliphatic carboxylic acids is 1. The van der Waals surface area contributed by atoms with Gasteiger partial charge in [-0.25, -0.2) is 0 Å². The van der Waals surface area contributed by atoms with Gasteiger partial charge in [-0.3, -0.25) is 34.0 Å². The molecule has 4 atom stereocenters. The molecule has 3 aromatic rings. The predicted octanol–water partition coefficient (Wildman–Crippen LogP) is -1.24. The molecule has 18 nitrogen and oxygen atoms in total. The minimum absolute atomic E-state index is 0.0103. The number of guanidine groups is 2. The van der Waals surface area contributed by atoms with Crippen LogP contribution in [0.15, 0.2) is 76.7 Å². The molecule has 0 saturated carbocycles.